The van der Waals surface area contributed by atoms with E-state index in [0.29, 0.717) is 19.4 Å². The number of hydrogen-bond donors (Lipinski definition) is 2. The quantitative estimate of drug-likeness (QED) is 0.806. The van der Waals surface area contributed by atoms with Crippen LogP contribution < -0.4 is 5.32 Å². The van der Waals surface area contributed by atoms with E-state index in [2.05, 4.69) is 21.2 Å². The van der Waals surface area contributed by atoms with Gasteiger partial charge in [-0.05, 0) is 24.1 Å². The highest BCUT2D eigenvalue weighted by molar-refractivity contribution is 9.10. The van der Waals surface area contributed by atoms with Crippen molar-refractivity contribution in [1.29, 1.82) is 0 Å². The van der Waals surface area contributed by atoms with Crippen LogP contribution in [0.15, 0.2) is 28.7 Å². The lowest BCUT2D eigenvalue weighted by Gasteiger charge is -2.27. The Morgan fingerprint density at radius 3 is 2.58 bits per heavy atom. The summed E-state index contributed by atoms with van der Waals surface area (Å²) in [6, 6.07) is 7.47. The Kier molecular flexibility index (Phi) is 6.48. The van der Waals surface area contributed by atoms with E-state index in [0.717, 1.165) is 10.0 Å². The molecule has 2 N–H and O–H groups in total. The molecule has 4 nitrogen and oxygen atoms in total. The molecule has 106 valence electrons. The van der Waals surface area contributed by atoms with Gasteiger partial charge >= 0.3 is 0 Å². The first-order chi connectivity index (χ1) is 9.01. The first-order valence-electron chi connectivity index (χ1n) is 6.26. The lowest BCUT2D eigenvalue weighted by Crippen LogP contribution is -2.40. The van der Waals surface area contributed by atoms with Crippen LogP contribution in [-0.4, -0.2) is 31.3 Å². The largest absolute Gasteiger partial charge is 0.384 e. The second kappa shape index (κ2) is 7.62. The number of benzene rings is 1. The van der Waals surface area contributed by atoms with Gasteiger partial charge in [0.15, 0.2) is 0 Å². The smallest absolute Gasteiger partial charge is 0.222 e. The minimum absolute atomic E-state index is 0.120. The molecule has 0 aliphatic carbocycles. The van der Waals surface area contributed by atoms with Gasteiger partial charge in [-0.3, -0.25) is 4.79 Å². The number of methoxy groups -OCH3 is 1. The molecule has 1 aromatic carbocycles. The highest BCUT2D eigenvalue weighted by Crippen LogP contribution is 2.25. The van der Waals surface area contributed by atoms with Crippen LogP contribution in [0.3, 0.4) is 0 Å². The molecule has 1 aromatic rings. The van der Waals surface area contributed by atoms with Gasteiger partial charge in [0.05, 0.1) is 13.2 Å². The summed E-state index contributed by atoms with van der Waals surface area (Å²) in [5.41, 5.74) is -0.242. The summed E-state index contributed by atoms with van der Waals surface area (Å²) in [4.78, 5) is 11.5. The number of rotatable bonds is 7. The Bertz CT molecular complexity index is 408. The summed E-state index contributed by atoms with van der Waals surface area (Å²) in [6.07, 6.45) is 0.829. The summed E-state index contributed by atoms with van der Waals surface area (Å²) in [7, 11) is 1.55. The van der Waals surface area contributed by atoms with E-state index in [-0.39, 0.29) is 12.5 Å². The number of carbonyl (C=O) groups excluding carboxylic acids is 1. The number of ether oxygens (including phenoxy) is 1. The Morgan fingerprint density at radius 2 is 2.05 bits per heavy atom. The van der Waals surface area contributed by atoms with Gasteiger partial charge in [0.25, 0.3) is 0 Å². The Balaban J connectivity index is 2.65. The third-order valence-corrected chi connectivity index (χ3v) is 3.61. The van der Waals surface area contributed by atoms with Gasteiger partial charge in [-0.25, -0.2) is 0 Å². The van der Waals surface area contributed by atoms with Gasteiger partial charge in [0, 0.05) is 18.0 Å². The van der Waals surface area contributed by atoms with Crippen molar-refractivity contribution >= 4 is 21.8 Å². The second-order valence-corrected chi connectivity index (χ2v) is 5.33. The maximum Gasteiger partial charge on any atom is 0.222 e. The van der Waals surface area contributed by atoms with E-state index in [1.165, 1.54) is 0 Å². The van der Waals surface area contributed by atoms with E-state index in [4.69, 9.17) is 4.74 Å². The van der Waals surface area contributed by atoms with E-state index >= 15 is 0 Å². The van der Waals surface area contributed by atoms with Crippen molar-refractivity contribution in [2.75, 3.05) is 20.3 Å². The normalized spacial score (nSPS) is 13.9. The molecule has 0 aliphatic heterocycles. The molecule has 0 spiro atoms. The van der Waals surface area contributed by atoms with Crippen LogP contribution in [0.4, 0.5) is 0 Å². The number of nitrogens with one attached hydrogen (secondary N) is 1. The van der Waals surface area contributed by atoms with Crippen molar-refractivity contribution in [2.45, 2.75) is 25.4 Å². The molecular weight excluding hydrogens is 310 g/mol. The lowest BCUT2D eigenvalue weighted by molar-refractivity contribution is -0.123. The van der Waals surface area contributed by atoms with Crippen molar-refractivity contribution in [2.24, 2.45) is 0 Å². The SMILES string of the molecule is CCC(O)(CNC(=O)CCOC)c1ccc(Br)cc1. The molecule has 0 saturated heterocycles. The standard InChI is InChI=1S/C14H20BrNO3/c1-3-14(18,10-16-13(17)8-9-19-2)11-4-6-12(15)7-5-11/h4-7,18H,3,8-10H2,1-2H3,(H,16,17). The number of carbonyl (C=O) groups is 1. The first-order valence-corrected chi connectivity index (χ1v) is 7.05. The monoisotopic (exact) mass is 329 g/mol. The van der Waals surface area contributed by atoms with Crippen molar-refractivity contribution in [1.82, 2.24) is 5.32 Å². The van der Waals surface area contributed by atoms with Gasteiger partial charge in [0.2, 0.25) is 5.91 Å². The van der Waals surface area contributed by atoms with Crippen molar-refractivity contribution in [3.63, 3.8) is 0 Å². The fourth-order valence-corrected chi connectivity index (χ4v) is 1.98. The Hall–Kier alpha value is -0.910. The number of amides is 1. The van der Waals surface area contributed by atoms with Crippen molar-refractivity contribution < 1.29 is 14.6 Å². The highest BCUT2D eigenvalue weighted by atomic mass is 79.9. The van der Waals surface area contributed by atoms with Crippen LogP contribution >= 0.6 is 15.9 Å². The third kappa shape index (κ3) is 4.93. The van der Waals surface area contributed by atoms with Crippen LogP contribution in [-0.2, 0) is 15.1 Å². The zero-order valence-electron chi connectivity index (χ0n) is 11.3. The zero-order chi connectivity index (χ0) is 14.3. The summed E-state index contributed by atoms with van der Waals surface area (Å²) in [5.74, 6) is -0.120. The molecule has 1 amide bonds. The maximum atomic E-state index is 11.5. The topological polar surface area (TPSA) is 58.6 Å². The fraction of sp³-hybridized carbons (Fsp3) is 0.500. The highest BCUT2D eigenvalue weighted by Gasteiger charge is 2.27. The van der Waals surface area contributed by atoms with E-state index < -0.39 is 5.60 Å². The molecule has 0 saturated carbocycles. The van der Waals surface area contributed by atoms with E-state index in [9.17, 15) is 9.90 Å². The molecule has 0 heterocycles. The second-order valence-electron chi connectivity index (χ2n) is 4.41. The minimum Gasteiger partial charge on any atom is -0.384 e. The third-order valence-electron chi connectivity index (χ3n) is 3.08. The predicted octanol–water partition coefficient (Wildman–Crippen LogP) is 2.20. The summed E-state index contributed by atoms with van der Waals surface area (Å²) in [6.45, 7) is 2.48. The minimum atomic E-state index is -1.04. The van der Waals surface area contributed by atoms with Gasteiger partial charge < -0.3 is 15.2 Å². The first kappa shape index (κ1) is 16.1. The zero-order valence-corrected chi connectivity index (χ0v) is 12.9. The van der Waals surface area contributed by atoms with Gasteiger partial charge in [-0.15, -0.1) is 0 Å². The van der Waals surface area contributed by atoms with Crippen molar-refractivity contribution in [3.05, 3.63) is 34.3 Å². The average molecular weight is 330 g/mol. The molecule has 1 rings (SSSR count). The molecule has 19 heavy (non-hydrogen) atoms. The number of hydrogen-bond acceptors (Lipinski definition) is 3. The molecule has 1 atom stereocenters. The Morgan fingerprint density at radius 1 is 1.42 bits per heavy atom. The number of halogens is 1. The van der Waals surface area contributed by atoms with Gasteiger partial charge in [-0.1, -0.05) is 35.0 Å². The van der Waals surface area contributed by atoms with Gasteiger partial charge in [-0.2, -0.15) is 0 Å². The fourth-order valence-electron chi connectivity index (χ4n) is 1.72. The van der Waals surface area contributed by atoms with Gasteiger partial charge in [0.1, 0.15) is 5.60 Å². The molecule has 0 bridgehead atoms. The van der Waals surface area contributed by atoms with Crippen LogP contribution in [0.1, 0.15) is 25.3 Å². The lowest BCUT2D eigenvalue weighted by atomic mass is 9.91. The predicted molar refractivity (Wildman–Crippen MR) is 77.8 cm³/mol. The van der Waals surface area contributed by atoms with Crippen LogP contribution in [0, 0.1) is 0 Å². The molecule has 0 fully saturated rings. The summed E-state index contributed by atoms with van der Waals surface area (Å²) in [5, 5.41) is 13.3. The van der Waals surface area contributed by atoms with Crippen LogP contribution in [0.5, 0.6) is 0 Å². The summed E-state index contributed by atoms with van der Waals surface area (Å²) < 4.78 is 5.80. The van der Waals surface area contributed by atoms with E-state index in [1.54, 1.807) is 7.11 Å². The molecule has 1 unspecified atom stereocenters. The molecule has 0 aromatic heterocycles. The van der Waals surface area contributed by atoms with Crippen molar-refractivity contribution in [3.8, 4) is 0 Å². The summed E-state index contributed by atoms with van der Waals surface area (Å²) >= 11 is 3.36. The molecule has 0 radical (unpaired) electrons. The average Bonchev–Trinajstić information content (AvgIpc) is 2.43. The Labute approximate surface area is 122 Å². The number of aliphatic hydroxyl groups is 1. The maximum absolute atomic E-state index is 11.5. The molecule has 5 heteroatoms. The molecule has 0 aliphatic rings. The molecular formula is C14H20BrNO3. The van der Waals surface area contributed by atoms with Crippen LogP contribution in [0.2, 0.25) is 0 Å². The van der Waals surface area contributed by atoms with E-state index in [1.807, 2.05) is 31.2 Å². The van der Waals surface area contributed by atoms with Crippen LogP contribution in [0.25, 0.3) is 0 Å².